The molecular weight excluding hydrogens is 326 g/mol. The van der Waals surface area contributed by atoms with Crippen LogP contribution >= 0.6 is 0 Å². The summed E-state index contributed by atoms with van der Waals surface area (Å²) in [5.41, 5.74) is 1.14. The lowest BCUT2D eigenvalue weighted by atomic mass is 10.1. The average Bonchev–Trinajstić information content (AvgIpc) is 2.60. The van der Waals surface area contributed by atoms with E-state index in [1.165, 1.54) is 0 Å². The van der Waals surface area contributed by atoms with E-state index in [1.54, 1.807) is 31.4 Å². The van der Waals surface area contributed by atoms with Gasteiger partial charge in [0.05, 0.1) is 12.0 Å². The van der Waals surface area contributed by atoms with Crippen LogP contribution in [-0.2, 0) is 16.4 Å². The van der Waals surface area contributed by atoms with Gasteiger partial charge in [-0.1, -0.05) is 37.6 Å². The van der Waals surface area contributed by atoms with Crippen molar-refractivity contribution in [1.29, 1.82) is 0 Å². The molecule has 0 fully saturated rings. The van der Waals surface area contributed by atoms with E-state index in [1.807, 2.05) is 24.3 Å². The minimum atomic E-state index is -3.52. The molecule has 2 rings (SSSR count). The van der Waals surface area contributed by atoms with Crippen molar-refractivity contribution >= 4 is 10.0 Å². The maximum Gasteiger partial charge on any atom is 0.240 e. The van der Waals surface area contributed by atoms with Crippen molar-refractivity contribution in [2.75, 3.05) is 20.3 Å². The van der Waals surface area contributed by atoms with E-state index < -0.39 is 10.0 Å². The number of hydrogen-bond donors (Lipinski definition) is 1. The molecule has 24 heavy (non-hydrogen) atoms. The number of aryl methyl sites for hydroxylation is 1. The first-order valence-electron chi connectivity index (χ1n) is 7.91. The molecule has 1 N–H and O–H groups in total. The standard InChI is InChI=1S/C18H23NO4S/c1-3-6-15-9-11-16(12-10-15)24(20,21)19-13-14-23-18-8-5-4-7-17(18)22-2/h4-5,7-12,19H,3,6,13-14H2,1-2H3. The highest BCUT2D eigenvalue weighted by Gasteiger charge is 2.13. The van der Waals surface area contributed by atoms with E-state index in [2.05, 4.69) is 11.6 Å². The first-order chi connectivity index (χ1) is 11.6. The summed E-state index contributed by atoms with van der Waals surface area (Å²) in [6.07, 6.45) is 1.98. The Morgan fingerprint density at radius 3 is 2.29 bits per heavy atom. The van der Waals surface area contributed by atoms with Gasteiger partial charge in [-0.05, 0) is 36.2 Å². The van der Waals surface area contributed by atoms with E-state index >= 15 is 0 Å². The van der Waals surface area contributed by atoms with Gasteiger partial charge in [0.25, 0.3) is 0 Å². The Labute approximate surface area is 143 Å². The average molecular weight is 349 g/mol. The molecule has 0 unspecified atom stereocenters. The highest BCUT2D eigenvalue weighted by Crippen LogP contribution is 2.25. The van der Waals surface area contributed by atoms with Crippen LogP contribution in [0.25, 0.3) is 0 Å². The monoisotopic (exact) mass is 349 g/mol. The molecule has 2 aromatic carbocycles. The molecule has 6 heteroatoms. The quantitative estimate of drug-likeness (QED) is 0.707. The Kier molecular flexibility index (Phi) is 6.63. The van der Waals surface area contributed by atoms with Gasteiger partial charge in [-0.25, -0.2) is 13.1 Å². The van der Waals surface area contributed by atoms with Crippen molar-refractivity contribution in [1.82, 2.24) is 4.72 Å². The smallest absolute Gasteiger partial charge is 0.240 e. The number of para-hydroxylation sites is 2. The van der Waals surface area contributed by atoms with Gasteiger partial charge in [0.2, 0.25) is 10.0 Å². The lowest BCUT2D eigenvalue weighted by Crippen LogP contribution is -2.28. The molecule has 2 aromatic rings. The summed E-state index contributed by atoms with van der Waals surface area (Å²) in [6, 6.07) is 14.2. The summed E-state index contributed by atoms with van der Waals surface area (Å²) >= 11 is 0. The predicted molar refractivity (Wildman–Crippen MR) is 94.1 cm³/mol. The van der Waals surface area contributed by atoms with Crippen molar-refractivity contribution < 1.29 is 17.9 Å². The summed E-state index contributed by atoms with van der Waals surface area (Å²) in [4.78, 5) is 0.264. The topological polar surface area (TPSA) is 64.6 Å². The highest BCUT2D eigenvalue weighted by molar-refractivity contribution is 7.89. The number of ether oxygens (including phenoxy) is 2. The Morgan fingerprint density at radius 1 is 1.00 bits per heavy atom. The summed E-state index contributed by atoms with van der Waals surface area (Å²) < 4.78 is 37.8. The fourth-order valence-electron chi connectivity index (χ4n) is 2.28. The van der Waals surface area contributed by atoms with Gasteiger partial charge >= 0.3 is 0 Å². The maximum absolute atomic E-state index is 12.2. The molecule has 0 spiro atoms. The van der Waals surface area contributed by atoms with Gasteiger partial charge in [0.15, 0.2) is 11.5 Å². The first kappa shape index (κ1) is 18.3. The molecule has 0 saturated carbocycles. The number of benzene rings is 2. The Hall–Kier alpha value is -2.05. The summed E-state index contributed by atoms with van der Waals surface area (Å²) in [5, 5.41) is 0. The van der Waals surface area contributed by atoms with Crippen LogP contribution in [0.15, 0.2) is 53.4 Å². The molecule has 0 radical (unpaired) electrons. The zero-order valence-electron chi connectivity index (χ0n) is 14.0. The van der Waals surface area contributed by atoms with Gasteiger partial charge < -0.3 is 9.47 Å². The number of methoxy groups -OCH3 is 1. The zero-order valence-corrected chi connectivity index (χ0v) is 14.8. The van der Waals surface area contributed by atoms with Crippen LogP contribution in [0, 0.1) is 0 Å². The molecule has 0 heterocycles. The molecule has 0 aliphatic heterocycles. The van der Waals surface area contributed by atoms with E-state index in [4.69, 9.17) is 9.47 Å². The molecule has 0 bridgehead atoms. The van der Waals surface area contributed by atoms with Crippen molar-refractivity contribution in [2.45, 2.75) is 24.7 Å². The molecular formula is C18H23NO4S. The van der Waals surface area contributed by atoms with Crippen LogP contribution in [0.1, 0.15) is 18.9 Å². The molecule has 0 atom stereocenters. The second-order valence-corrected chi connectivity index (χ2v) is 7.06. The second kappa shape index (κ2) is 8.70. The molecule has 0 amide bonds. The molecule has 5 nitrogen and oxygen atoms in total. The summed E-state index contributed by atoms with van der Waals surface area (Å²) in [5.74, 6) is 1.20. The lowest BCUT2D eigenvalue weighted by molar-refractivity contribution is 0.299. The molecule has 0 aliphatic carbocycles. The summed E-state index contributed by atoms with van der Waals surface area (Å²) in [6.45, 7) is 2.48. The minimum Gasteiger partial charge on any atom is -0.493 e. The zero-order chi connectivity index (χ0) is 17.4. The van der Waals surface area contributed by atoms with Crippen molar-refractivity contribution in [2.24, 2.45) is 0 Å². The van der Waals surface area contributed by atoms with Gasteiger partial charge in [0.1, 0.15) is 6.61 Å². The highest BCUT2D eigenvalue weighted by atomic mass is 32.2. The van der Waals surface area contributed by atoms with Crippen molar-refractivity contribution in [3.05, 3.63) is 54.1 Å². The Bertz CT molecular complexity index is 742. The van der Waals surface area contributed by atoms with Crippen molar-refractivity contribution in [3.63, 3.8) is 0 Å². The minimum absolute atomic E-state index is 0.178. The largest absolute Gasteiger partial charge is 0.493 e. The molecule has 0 aliphatic rings. The third-order valence-corrected chi connectivity index (χ3v) is 4.97. The van der Waals surface area contributed by atoms with Gasteiger partial charge in [0, 0.05) is 6.54 Å². The van der Waals surface area contributed by atoms with Crippen LogP contribution in [0.4, 0.5) is 0 Å². The number of sulfonamides is 1. The Balaban J connectivity index is 1.88. The van der Waals surface area contributed by atoms with Crippen LogP contribution in [0.5, 0.6) is 11.5 Å². The van der Waals surface area contributed by atoms with E-state index in [0.717, 1.165) is 18.4 Å². The third kappa shape index (κ3) is 4.97. The molecule has 0 aromatic heterocycles. The van der Waals surface area contributed by atoms with E-state index in [0.29, 0.717) is 11.5 Å². The fraction of sp³-hybridized carbons (Fsp3) is 0.333. The number of rotatable bonds is 9. The maximum atomic E-state index is 12.2. The lowest BCUT2D eigenvalue weighted by Gasteiger charge is -2.11. The Morgan fingerprint density at radius 2 is 1.67 bits per heavy atom. The van der Waals surface area contributed by atoms with Crippen LogP contribution < -0.4 is 14.2 Å². The van der Waals surface area contributed by atoms with Gasteiger partial charge in [-0.2, -0.15) is 0 Å². The normalized spacial score (nSPS) is 11.2. The van der Waals surface area contributed by atoms with Crippen LogP contribution in [0.3, 0.4) is 0 Å². The van der Waals surface area contributed by atoms with Crippen LogP contribution in [0.2, 0.25) is 0 Å². The van der Waals surface area contributed by atoms with E-state index in [9.17, 15) is 8.42 Å². The van der Waals surface area contributed by atoms with Crippen LogP contribution in [-0.4, -0.2) is 28.7 Å². The predicted octanol–water partition coefficient (Wildman–Crippen LogP) is 3.01. The number of nitrogens with one attached hydrogen (secondary N) is 1. The molecule has 130 valence electrons. The van der Waals surface area contributed by atoms with Gasteiger partial charge in [-0.3, -0.25) is 0 Å². The van der Waals surface area contributed by atoms with Gasteiger partial charge in [-0.15, -0.1) is 0 Å². The second-order valence-electron chi connectivity index (χ2n) is 5.29. The molecule has 0 saturated heterocycles. The first-order valence-corrected chi connectivity index (χ1v) is 9.39. The number of hydrogen-bond acceptors (Lipinski definition) is 4. The van der Waals surface area contributed by atoms with Crippen molar-refractivity contribution in [3.8, 4) is 11.5 Å². The summed E-state index contributed by atoms with van der Waals surface area (Å²) in [7, 11) is -1.96. The fourth-order valence-corrected chi connectivity index (χ4v) is 3.30. The third-order valence-electron chi connectivity index (χ3n) is 3.49. The SMILES string of the molecule is CCCc1ccc(S(=O)(=O)NCCOc2ccccc2OC)cc1. The van der Waals surface area contributed by atoms with E-state index in [-0.39, 0.29) is 18.0 Å².